The second kappa shape index (κ2) is 6.41. The average molecular weight is 289 g/mol. The molecule has 1 N–H and O–H groups in total. The fourth-order valence-corrected chi connectivity index (χ4v) is 3.00. The van der Waals surface area contributed by atoms with Crippen LogP contribution in [0.5, 0.6) is 0 Å². The van der Waals surface area contributed by atoms with Crippen LogP contribution < -0.4 is 0 Å². The molecule has 1 fully saturated rings. The number of aromatic nitrogens is 4. The van der Waals surface area contributed by atoms with Crippen LogP contribution in [0.3, 0.4) is 0 Å². The largest absolute Gasteiger partial charge is 0.380 e. The lowest BCUT2D eigenvalue weighted by molar-refractivity contribution is 0.108. The third-order valence-corrected chi connectivity index (χ3v) is 4.23. The van der Waals surface area contributed by atoms with Crippen LogP contribution in [0.25, 0.3) is 0 Å². The van der Waals surface area contributed by atoms with Crippen molar-refractivity contribution in [2.45, 2.75) is 38.5 Å². The highest BCUT2D eigenvalue weighted by Crippen LogP contribution is 2.31. The van der Waals surface area contributed by atoms with Gasteiger partial charge in [-0.2, -0.15) is 5.10 Å². The Morgan fingerprint density at radius 1 is 1.48 bits per heavy atom. The fraction of sp³-hybridized carbons (Fsp3) is 0.600. The maximum absolute atomic E-state index is 5.54. The minimum absolute atomic E-state index is 0.290. The summed E-state index contributed by atoms with van der Waals surface area (Å²) < 4.78 is 7.52. The van der Waals surface area contributed by atoms with Crippen molar-refractivity contribution in [3.8, 4) is 0 Å². The zero-order valence-electron chi connectivity index (χ0n) is 12.7. The summed E-state index contributed by atoms with van der Waals surface area (Å²) in [5, 5.41) is 4.33. The van der Waals surface area contributed by atoms with Crippen LogP contribution in [0, 0.1) is 0 Å². The molecule has 0 aromatic carbocycles. The monoisotopic (exact) mass is 289 g/mol. The number of aromatic amines is 1. The highest BCUT2D eigenvalue weighted by Gasteiger charge is 2.34. The van der Waals surface area contributed by atoms with E-state index in [2.05, 4.69) is 33.1 Å². The standard InChI is InChI=1S/C15H23N5O/c1-3-20-10-12(9-18-20)4-7-19-11-13(21-2)8-14(19)15-16-5-6-17-15/h5-6,9-10,13-14H,3-4,7-8,11H2,1-2H3,(H,16,17)/t13-,14?/m1/s1. The quantitative estimate of drug-likeness (QED) is 0.878. The van der Waals surface area contributed by atoms with Gasteiger partial charge < -0.3 is 9.72 Å². The first-order valence-corrected chi connectivity index (χ1v) is 7.57. The van der Waals surface area contributed by atoms with E-state index in [0.717, 1.165) is 38.3 Å². The number of aryl methyl sites for hydroxylation is 1. The van der Waals surface area contributed by atoms with Gasteiger partial charge in [-0.25, -0.2) is 4.98 Å². The van der Waals surface area contributed by atoms with Gasteiger partial charge in [0, 0.05) is 45.3 Å². The van der Waals surface area contributed by atoms with E-state index in [9.17, 15) is 0 Å². The molecule has 114 valence electrons. The predicted octanol–water partition coefficient (Wildman–Crippen LogP) is 1.63. The van der Waals surface area contributed by atoms with Gasteiger partial charge in [-0.1, -0.05) is 0 Å². The Bertz CT molecular complexity index is 550. The van der Waals surface area contributed by atoms with Gasteiger partial charge in [0.15, 0.2) is 0 Å². The second-order valence-electron chi connectivity index (χ2n) is 5.53. The van der Waals surface area contributed by atoms with E-state index in [1.165, 1.54) is 5.56 Å². The topological polar surface area (TPSA) is 59.0 Å². The van der Waals surface area contributed by atoms with Crippen LogP contribution in [0.1, 0.15) is 30.8 Å². The van der Waals surface area contributed by atoms with Gasteiger partial charge in [-0.3, -0.25) is 9.58 Å². The van der Waals surface area contributed by atoms with Crippen molar-refractivity contribution in [2.24, 2.45) is 0 Å². The van der Waals surface area contributed by atoms with Crippen molar-refractivity contribution in [1.82, 2.24) is 24.6 Å². The van der Waals surface area contributed by atoms with Gasteiger partial charge >= 0.3 is 0 Å². The molecule has 0 spiro atoms. The van der Waals surface area contributed by atoms with E-state index >= 15 is 0 Å². The number of nitrogens with one attached hydrogen (secondary N) is 1. The first-order valence-electron chi connectivity index (χ1n) is 7.57. The maximum atomic E-state index is 5.54. The van der Waals surface area contributed by atoms with Crippen molar-refractivity contribution in [3.63, 3.8) is 0 Å². The van der Waals surface area contributed by atoms with Crippen molar-refractivity contribution in [2.75, 3.05) is 20.2 Å². The number of rotatable bonds is 6. The van der Waals surface area contributed by atoms with E-state index in [-0.39, 0.29) is 0 Å². The molecule has 21 heavy (non-hydrogen) atoms. The maximum Gasteiger partial charge on any atom is 0.123 e. The Hall–Kier alpha value is -1.66. The van der Waals surface area contributed by atoms with E-state index in [1.807, 2.05) is 23.3 Å². The van der Waals surface area contributed by atoms with Crippen molar-refractivity contribution in [3.05, 3.63) is 36.2 Å². The van der Waals surface area contributed by atoms with Crippen molar-refractivity contribution >= 4 is 0 Å². The summed E-state index contributed by atoms with van der Waals surface area (Å²) in [4.78, 5) is 10.1. The third kappa shape index (κ3) is 3.16. The summed E-state index contributed by atoms with van der Waals surface area (Å²) in [6.07, 6.45) is 10.1. The average Bonchev–Trinajstić information content (AvgIpc) is 3.23. The number of methoxy groups -OCH3 is 1. The first-order chi connectivity index (χ1) is 10.3. The summed E-state index contributed by atoms with van der Waals surface area (Å²) in [6.45, 7) is 4.99. The van der Waals surface area contributed by atoms with Gasteiger partial charge in [0.2, 0.25) is 0 Å². The Kier molecular flexibility index (Phi) is 4.36. The summed E-state index contributed by atoms with van der Waals surface area (Å²) in [5.41, 5.74) is 1.29. The number of hydrogen-bond acceptors (Lipinski definition) is 4. The van der Waals surface area contributed by atoms with E-state index in [0.29, 0.717) is 12.1 Å². The number of imidazole rings is 1. The van der Waals surface area contributed by atoms with E-state index in [4.69, 9.17) is 4.74 Å². The molecule has 1 unspecified atom stereocenters. The number of H-pyrrole nitrogens is 1. The molecule has 0 saturated carbocycles. The molecule has 2 aromatic rings. The normalized spacial score (nSPS) is 23.0. The SMILES string of the molecule is CCn1cc(CCN2C[C@H](OC)CC2c2ncc[nH]2)cn1. The molecule has 2 aromatic heterocycles. The molecule has 1 saturated heterocycles. The smallest absolute Gasteiger partial charge is 0.123 e. The van der Waals surface area contributed by atoms with Crippen molar-refractivity contribution in [1.29, 1.82) is 0 Å². The van der Waals surface area contributed by atoms with Crippen LogP contribution in [0.2, 0.25) is 0 Å². The molecule has 1 aliphatic rings. The van der Waals surface area contributed by atoms with Gasteiger partial charge in [-0.15, -0.1) is 0 Å². The second-order valence-corrected chi connectivity index (χ2v) is 5.53. The molecule has 0 radical (unpaired) electrons. The minimum Gasteiger partial charge on any atom is -0.380 e. The van der Waals surface area contributed by atoms with Crippen LogP contribution in [0.15, 0.2) is 24.8 Å². The summed E-state index contributed by atoms with van der Waals surface area (Å²) in [5.74, 6) is 1.04. The minimum atomic E-state index is 0.290. The molecule has 6 heteroatoms. The van der Waals surface area contributed by atoms with Crippen molar-refractivity contribution < 1.29 is 4.74 Å². The lowest BCUT2D eigenvalue weighted by Gasteiger charge is -2.22. The highest BCUT2D eigenvalue weighted by atomic mass is 16.5. The van der Waals surface area contributed by atoms with E-state index < -0.39 is 0 Å². The molecular formula is C15H23N5O. The molecule has 0 bridgehead atoms. The van der Waals surface area contributed by atoms with Crippen LogP contribution in [0.4, 0.5) is 0 Å². The van der Waals surface area contributed by atoms with Gasteiger partial charge in [0.05, 0.1) is 18.3 Å². The Morgan fingerprint density at radius 2 is 2.38 bits per heavy atom. The van der Waals surface area contributed by atoms with Crippen LogP contribution in [-0.4, -0.2) is 51.0 Å². The summed E-state index contributed by atoms with van der Waals surface area (Å²) in [7, 11) is 1.79. The van der Waals surface area contributed by atoms with Gasteiger partial charge in [0.1, 0.15) is 5.82 Å². The summed E-state index contributed by atoms with van der Waals surface area (Å²) in [6, 6.07) is 0.325. The number of nitrogens with zero attached hydrogens (tertiary/aromatic N) is 4. The molecule has 1 aliphatic heterocycles. The molecular weight excluding hydrogens is 266 g/mol. The summed E-state index contributed by atoms with van der Waals surface area (Å²) >= 11 is 0. The highest BCUT2D eigenvalue weighted by molar-refractivity contribution is 5.06. The molecule has 3 rings (SSSR count). The first kappa shape index (κ1) is 14.3. The van der Waals surface area contributed by atoms with Crippen LogP contribution in [-0.2, 0) is 17.7 Å². The number of ether oxygens (including phenoxy) is 1. The lowest BCUT2D eigenvalue weighted by Crippen LogP contribution is -2.28. The molecule has 0 amide bonds. The third-order valence-electron chi connectivity index (χ3n) is 4.23. The Balaban J connectivity index is 1.64. The molecule has 2 atom stereocenters. The fourth-order valence-electron chi connectivity index (χ4n) is 3.00. The Labute approximate surface area is 125 Å². The number of likely N-dealkylation sites (tertiary alicyclic amines) is 1. The molecule has 3 heterocycles. The predicted molar refractivity (Wildman–Crippen MR) is 79.9 cm³/mol. The lowest BCUT2D eigenvalue weighted by atomic mass is 10.2. The zero-order chi connectivity index (χ0) is 14.7. The van der Waals surface area contributed by atoms with Crippen LogP contribution >= 0.6 is 0 Å². The van der Waals surface area contributed by atoms with Gasteiger partial charge in [0.25, 0.3) is 0 Å². The molecule has 0 aliphatic carbocycles. The number of hydrogen-bond donors (Lipinski definition) is 1. The van der Waals surface area contributed by atoms with E-state index in [1.54, 1.807) is 7.11 Å². The zero-order valence-corrected chi connectivity index (χ0v) is 12.7. The molecule has 6 nitrogen and oxygen atoms in total. The Morgan fingerprint density at radius 3 is 3.05 bits per heavy atom. The van der Waals surface area contributed by atoms with Gasteiger partial charge in [-0.05, 0) is 25.3 Å².